The van der Waals surface area contributed by atoms with Gasteiger partial charge in [0.1, 0.15) is 0 Å². The highest BCUT2D eigenvalue weighted by atomic mass is 16.5. The minimum Gasteiger partial charge on any atom is -0.493 e. The summed E-state index contributed by atoms with van der Waals surface area (Å²) < 4.78 is 7.59. The molecule has 0 amide bonds. The van der Waals surface area contributed by atoms with Gasteiger partial charge in [0.25, 0.3) is 0 Å². The normalized spacial score (nSPS) is 17.7. The van der Waals surface area contributed by atoms with Gasteiger partial charge in [-0.15, -0.1) is 0 Å². The Morgan fingerprint density at radius 1 is 1.35 bits per heavy atom. The van der Waals surface area contributed by atoms with E-state index in [0.717, 1.165) is 18.7 Å². The third kappa shape index (κ3) is 2.15. The summed E-state index contributed by atoms with van der Waals surface area (Å²) in [5, 5.41) is 8.00. The van der Waals surface area contributed by atoms with Crippen LogP contribution < -0.4 is 10.1 Å². The number of benzene rings is 1. The van der Waals surface area contributed by atoms with E-state index in [4.69, 9.17) is 4.74 Å². The fraction of sp³-hybridized carbons (Fsp3) is 0.438. The van der Waals surface area contributed by atoms with Gasteiger partial charge in [0.15, 0.2) is 5.75 Å². The second-order valence-corrected chi connectivity index (χ2v) is 5.58. The van der Waals surface area contributed by atoms with E-state index in [-0.39, 0.29) is 0 Å². The fourth-order valence-corrected chi connectivity index (χ4v) is 2.95. The van der Waals surface area contributed by atoms with Crippen molar-refractivity contribution in [3.8, 4) is 5.75 Å². The molecule has 0 saturated heterocycles. The van der Waals surface area contributed by atoms with E-state index in [2.05, 4.69) is 53.2 Å². The Kier molecular flexibility index (Phi) is 3.38. The Morgan fingerprint density at radius 2 is 2.15 bits per heavy atom. The second kappa shape index (κ2) is 5.19. The average Bonchev–Trinajstić information content (AvgIpc) is 2.90. The first-order chi connectivity index (χ1) is 9.70. The lowest BCUT2D eigenvalue weighted by Gasteiger charge is -2.28. The highest BCUT2D eigenvalue weighted by Gasteiger charge is 2.26. The van der Waals surface area contributed by atoms with E-state index >= 15 is 0 Å². The van der Waals surface area contributed by atoms with Crippen LogP contribution >= 0.6 is 0 Å². The van der Waals surface area contributed by atoms with E-state index in [1.807, 2.05) is 6.20 Å². The van der Waals surface area contributed by atoms with Gasteiger partial charge in [-0.1, -0.05) is 18.2 Å². The molecular formula is C16H21N3O. The molecule has 4 heteroatoms. The van der Waals surface area contributed by atoms with Crippen molar-refractivity contribution in [1.29, 1.82) is 0 Å². The van der Waals surface area contributed by atoms with E-state index in [9.17, 15) is 0 Å². The Balaban J connectivity index is 1.97. The van der Waals surface area contributed by atoms with Crippen molar-refractivity contribution < 1.29 is 4.74 Å². The van der Waals surface area contributed by atoms with Crippen LogP contribution in [0.25, 0.3) is 0 Å². The Bertz CT molecular complexity index is 604. The predicted octanol–water partition coefficient (Wildman–Crippen LogP) is 3.22. The van der Waals surface area contributed by atoms with Crippen LogP contribution in [0.1, 0.15) is 37.1 Å². The highest BCUT2D eigenvalue weighted by molar-refractivity contribution is 5.54. The summed E-state index contributed by atoms with van der Waals surface area (Å²) in [6, 6.07) is 8.84. The SMILES string of the molecule is COc1cnn(C(C)C)c1C1CNc2ccccc2C1. The number of rotatable bonds is 3. The summed E-state index contributed by atoms with van der Waals surface area (Å²) in [4.78, 5) is 0. The van der Waals surface area contributed by atoms with Crippen LogP contribution in [0, 0.1) is 0 Å². The summed E-state index contributed by atoms with van der Waals surface area (Å²) in [5.41, 5.74) is 3.81. The standard InChI is InChI=1S/C16H21N3O/c1-11(2)19-16(15(20-3)10-18-19)13-8-12-6-4-5-7-14(12)17-9-13/h4-7,10-11,13,17H,8-9H2,1-3H3. The molecule has 1 aromatic heterocycles. The van der Waals surface area contributed by atoms with Crippen LogP contribution in [0.2, 0.25) is 0 Å². The molecule has 0 radical (unpaired) electrons. The lowest BCUT2D eigenvalue weighted by atomic mass is 9.91. The lowest BCUT2D eigenvalue weighted by molar-refractivity contribution is 0.396. The summed E-state index contributed by atoms with van der Waals surface area (Å²) in [6.07, 6.45) is 2.85. The zero-order chi connectivity index (χ0) is 14.1. The van der Waals surface area contributed by atoms with Gasteiger partial charge >= 0.3 is 0 Å². The first-order valence-corrected chi connectivity index (χ1v) is 7.14. The number of nitrogens with zero attached hydrogens (tertiary/aromatic N) is 2. The first-order valence-electron chi connectivity index (χ1n) is 7.14. The molecule has 1 aliphatic rings. The quantitative estimate of drug-likeness (QED) is 0.931. The lowest BCUT2D eigenvalue weighted by Crippen LogP contribution is -2.24. The highest BCUT2D eigenvalue weighted by Crippen LogP contribution is 2.35. The maximum absolute atomic E-state index is 5.51. The van der Waals surface area contributed by atoms with Crippen LogP contribution in [0.15, 0.2) is 30.5 Å². The molecule has 1 unspecified atom stereocenters. The topological polar surface area (TPSA) is 39.1 Å². The van der Waals surface area contributed by atoms with Crippen molar-refractivity contribution >= 4 is 5.69 Å². The number of fused-ring (bicyclic) bond motifs is 1. The Morgan fingerprint density at radius 3 is 2.90 bits per heavy atom. The van der Waals surface area contributed by atoms with Gasteiger partial charge < -0.3 is 10.1 Å². The molecule has 0 aliphatic carbocycles. The van der Waals surface area contributed by atoms with Crippen molar-refractivity contribution in [3.05, 3.63) is 41.7 Å². The largest absolute Gasteiger partial charge is 0.493 e. The molecule has 0 bridgehead atoms. The van der Waals surface area contributed by atoms with E-state index in [0.29, 0.717) is 12.0 Å². The fourth-order valence-electron chi connectivity index (χ4n) is 2.95. The number of hydrogen-bond donors (Lipinski definition) is 1. The molecule has 4 nitrogen and oxygen atoms in total. The number of ether oxygens (including phenoxy) is 1. The van der Waals surface area contributed by atoms with Crippen LogP contribution in [-0.4, -0.2) is 23.4 Å². The minimum absolute atomic E-state index is 0.339. The van der Waals surface area contributed by atoms with Crippen molar-refractivity contribution in [2.75, 3.05) is 19.0 Å². The number of hydrogen-bond acceptors (Lipinski definition) is 3. The summed E-state index contributed by atoms with van der Waals surface area (Å²) in [5.74, 6) is 1.29. The molecule has 1 aliphatic heterocycles. The molecule has 1 atom stereocenters. The number of anilines is 1. The molecule has 0 saturated carbocycles. The number of nitrogens with one attached hydrogen (secondary N) is 1. The average molecular weight is 271 g/mol. The molecule has 2 aromatic rings. The van der Waals surface area contributed by atoms with Gasteiger partial charge in [-0.05, 0) is 31.9 Å². The van der Waals surface area contributed by atoms with Crippen LogP contribution in [0.5, 0.6) is 5.75 Å². The maximum atomic E-state index is 5.51. The molecule has 1 aromatic carbocycles. The van der Waals surface area contributed by atoms with E-state index in [1.165, 1.54) is 16.9 Å². The van der Waals surface area contributed by atoms with Gasteiger partial charge in [-0.25, -0.2) is 0 Å². The van der Waals surface area contributed by atoms with Crippen molar-refractivity contribution in [2.45, 2.75) is 32.2 Å². The Labute approximate surface area is 119 Å². The summed E-state index contributed by atoms with van der Waals surface area (Å²) >= 11 is 0. The zero-order valence-corrected chi connectivity index (χ0v) is 12.3. The first kappa shape index (κ1) is 13.0. The van der Waals surface area contributed by atoms with E-state index in [1.54, 1.807) is 7.11 Å². The molecule has 106 valence electrons. The minimum atomic E-state index is 0.339. The molecule has 0 spiro atoms. The Hall–Kier alpha value is -1.97. The van der Waals surface area contributed by atoms with Gasteiger partial charge in [0.2, 0.25) is 0 Å². The van der Waals surface area contributed by atoms with Gasteiger partial charge in [0, 0.05) is 24.2 Å². The predicted molar refractivity (Wildman–Crippen MR) is 80.5 cm³/mol. The molecule has 3 rings (SSSR count). The van der Waals surface area contributed by atoms with Gasteiger partial charge in [-0.3, -0.25) is 4.68 Å². The smallest absolute Gasteiger partial charge is 0.160 e. The van der Waals surface area contributed by atoms with Crippen LogP contribution in [0.3, 0.4) is 0 Å². The summed E-state index contributed by atoms with van der Waals surface area (Å²) in [6.45, 7) is 5.23. The molecule has 20 heavy (non-hydrogen) atoms. The zero-order valence-electron chi connectivity index (χ0n) is 12.3. The van der Waals surface area contributed by atoms with E-state index < -0.39 is 0 Å². The molecular weight excluding hydrogens is 250 g/mol. The van der Waals surface area contributed by atoms with Crippen molar-refractivity contribution in [3.63, 3.8) is 0 Å². The monoisotopic (exact) mass is 271 g/mol. The van der Waals surface area contributed by atoms with Crippen LogP contribution in [-0.2, 0) is 6.42 Å². The third-order valence-corrected chi connectivity index (χ3v) is 3.92. The molecule has 2 heterocycles. The second-order valence-electron chi connectivity index (χ2n) is 5.58. The number of aromatic nitrogens is 2. The van der Waals surface area contributed by atoms with Gasteiger partial charge in [-0.2, -0.15) is 5.10 Å². The van der Waals surface area contributed by atoms with Crippen molar-refractivity contribution in [2.24, 2.45) is 0 Å². The maximum Gasteiger partial charge on any atom is 0.160 e. The molecule has 1 N–H and O–H groups in total. The van der Waals surface area contributed by atoms with Gasteiger partial charge in [0.05, 0.1) is 19.0 Å². The molecule has 0 fully saturated rings. The van der Waals surface area contributed by atoms with Crippen LogP contribution in [0.4, 0.5) is 5.69 Å². The van der Waals surface area contributed by atoms with Crippen molar-refractivity contribution in [1.82, 2.24) is 9.78 Å². The summed E-state index contributed by atoms with van der Waals surface area (Å²) in [7, 11) is 1.72. The number of methoxy groups -OCH3 is 1. The number of para-hydroxylation sites is 1. The third-order valence-electron chi connectivity index (χ3n) is 3.92.